The van der Waals surface area contributed by atoms with Crippen molar-refractivity contribution in [3.05, 3.63) is 24.0 Å². The summed E-state index contributed by atoms with van der Waals surface area (Å²) in [5.41, 5.74) is 5.97. The Morgan fingerprint density at radius 1 is 1.43 bits per heavy atom. The first-order chi connectivity index (χ1) is 9.95. The third-order valence-electron chi connectivity index (χ3n) is 3.47. The van der Waals surface area contributed by atoms with Crippen LogP contribution < -0.4 is 11.1 Å². The zero-order valence-corrected chi connectivity index (χ0v) is 12.6. The Balaban J connectivity index is 2.47. The van der Waals surface area contributed by atoms with Gasteiger partial charge in [-0.15, -0.1) is 0 Å². The van der Waals surface area contributed by atoms with Crippen molar-refractivity contribution in [3.63, 3.8) is 0 Å². The van der Waals surface area contributed by atoms with Crippen molar-refractivity contribution in [2.45, 2.75) is 32.2 Å². The van der Waals surface area contributed by atoms with E-state index in [1.807, 2.05) is 18.9 Å². The maximum Gasteiger partial charge on any atom is 0.241 e. The SMILES string of the molecule is CC(C(=O)Nc1ccc(F)c(N)c1)N(C)CCCCCO. The molecular weight excluding hydrogens is 273 g/mol. The Morgan fingerprint density at radius 2 is 2.14 bits per heavy atom. The number of unbranched alkanes of at least 4 members (excludes halogenated alkanes) is 2. The number of aliphatic hydroxyl groups excluding tert-OH is 1. The lowest BCUT2D eigenvalue weighted by atomic mass is 10.2. The van der Waals surface area contributed by atoms with Crippen molar-refractivity contribution in [1.29, 1.82) is 0 Å². The Bertz CT molecular complexity index is 468. The fraction of sp³-hybridized carbons (Fsp3) is 0.533. The first kappa shape index (κ1) is 17.4. The molecule has 1 aromatic rings. The number of hydrogen-bond acceptors (Lipinski definition) is 4. The molecule has 0 aromatic heterocycles. The summed E-state index contributed by atoms with van der Waals surface area (Å²) in [5.74, 6) is -0.660. The Morgan fingerprint density at radius 3 is 2.76 bits per heavy atom. The summed E-state index contributed by atoms with van der Waals surface area (Å²) in [6, 6.07) is 3.82. The summed E-state index contributed by atoms with van der Waals surface area (Å²) >= 11 is 0. The van der Waals surface area contributed by atoms with E-state index in [2.05, 4.69) is 5.32 Å². The first-order valence-electron chi connectivity index (χ1n) is 7.12. The number of nitrogens with zero attached hydrogens (tertiary/aromatic N) is 1. The number of amides is 1. The van der Waals surface area contributed by atoms with Gasteiger partial charge in [0.25, 0.3) is 0 Å². The predicted octanol–water partition coefficient (Wildman–Crippen LogP) is 1.83. The van der Waals surface area contributed by atoms with Crippen molar-refractivity contribution in [3.8, 4) is 0 Å². The molecule has 0 aliphatic rings. The van der Waals surface area contributed by atoms with E-state index >= 15 is 0 Å². The summed E-state index contributed by atoms with van der Waals surface area (Å²) in [7, 11) is 1.88. The lowest BCUT2D eigenvalue weighted by Crippen LogP contribution is -2.40. The maximum atomic E-state index is 13.1. The Hall–Kier alpha value is -1.66. The molecule has 0 aliphatic heterocycles. The fourth-order valence-electron chi connectivity index (χ4n) is 1.91. The second-order valence-corrected chi connectivity index (χ2v) is 5.17. The lowest BCUT2D eigenvalue weighted by Gasteiger charge is -2.23. The van der Waals surface area contributed by atoms with Crippen molar-refractivity contribution in [2.75, 3.05) is 31.2 Å². The van der Waals surface area contributed by atoms with Gasteiger partial charge in [0.05, 0.1) is 11.7 Å². The van der Waals surface area contributed by atoms with E-state index in [9.17, 15) is 9.18 Å². The highest BCUT2D eigenvalue weighted by Gasteiger charge is 2.17. The minimum Gasteiger partial charge on any atom is -0.396 e. The Kier molecular flexibility index (Phi) is 7.11. The number of halogens is 1. The van der Waals surface area contributed by atoms with Crippen LogP contribution in [0.3, 0.4) is 0 Å². The molecule has 0 spiro atoms. The monoisotopic (exact) mass is 297 g/mol. The minimum atomic E-state index is -0.498. The number of nitrogens with one attached hydrogen (secondary N) is 1. The van der Waals surface area contributed by atoms with Crippen molar-refractivity contribution in [2.24, 2.45) is 0 Å². The first-order valence-corrected chi connectivity index (χ1v) is 7.12. The summed E-state index contributed by atoms with van der Waals surface area (Å²) < 4.78 is 13.1. The molecule has 0 fully saturated rings. The molecule has 1 unspecified atom stereocenters. The highest BCUT2D eigenvalue weighted by atomic mass is 19.1. The quantitative estimate of drug-likeness (QED) is 0.505. The number of likely N-dealkylation sites (N-methyl/N-ethyl adjacent to an activating group) is 1. The topological polar surface area (TPSA) is 78.6 Å². The summed E-state index contributed by atoms with van der Waals surface area (Å²) in [6.45, 7) is 2.79. The van der Waals surface area contributed by atoms with Gasteiger partial charge in [0.15, 0.2) is 0 Å². The number of carbonyl (C=O) groups is 1. The molecular formula is C15H24FN3O2. The maximum absolute atomic E-state index is 13.1. The van der Waals surface area contributed by atoms with Gasteiger partial charge < -0.3 is 16.2 Å². The molecule has 6 heteroatoms. The van der Waals surface area contributed by atoms with Crippen molar-refractivity contribution >= 4 is 17.3 Å². The van der Waals surface area contributed by atoms with Crippen LogP contribution in [0.5, 0.6) is 0 Å². The average molecular weight is 297 g/mol. The molecule has 0 bridgehead atoms. The van der Waals surface area contributed by atoms with E-state index in [4.69, 9.17) is 10.8 Å². The van der Waals surface area contributed by atoms with Crippen molar-refractivity contribution < 1.29 is 14.3 Å². The third-order valence-corrected chi connectivity index (χ3v) is 3.47. The number of anilines is 2. The van der Waals surface area contributed by atoms with Crippen LogP contribution in [-0.2, 0) is 4.79 Å². The van der Waals surface area contributed by atoms with E-state index in [0.717, 1.165) is 25.8 Å². The Labute approximate surface area is 124 Å². The largest absolute Gasteiger partial charge is 0.396 e. The highest BCUT2D eigenvalue weighted by Crippen LogP contribution is 2.16. The molecule has 0 radical (unpaired) electrons. The van der Waals surface area contributed by atoms with Gasteiger partial charge in [-0.3, -0.25) is 9.69 Å². The zero-order valence-electron chi connectivity index (χ0n) is 12.6. The molecule has 0 aliphatic carbocycles. The number of aliphatic hydroxyl groups is 1. The number of benzene rings is 1. The number of rotatable bonds is 8. The molecule has 0 heterocycles. The molecule has 5 nitrogen and oxygen atoms in total. The number of nitrogens with two attached hydrogens (primary N) is 1. The number of nitrogen functional groups attached to an aromatic ring is 1. The zero-order chi connectivity index (χ0) is 15.8. The minimum absolute atomic E-state index is 0.0119. The van der Waals surface area contributed by atoms with Crippen LogP contribution in [0.15, 0.2) is 18.2 Å². The molecule has 4 N–H and O–H groups in total. The fourth-order valence-corrected chi connectivity index (χ4v) is 1.91. The number of hydrogen-bond donors (Lipinski definition) is 3. The second kappa shape index (κ2) is 8.59. The van der Waals surface area contributed by atoms with Gasteiger partial charge in [0.2, 0.25) is 5.91 Å². The molecule has 1 aromatic carbocycles. The molecule has 0 saturated heterocycles. The van der Waals surface area contributed by atoms with E-state index < -0.39 is 5.82 Å². The van der Waals surface area contributed by atoms with Gasteiger partial charge >= 0.3 is 0 Å². The molecule has 21 heavy (non-hydrogen) atoms. The smallest absolute Gasteiger partial charge is 0.241 e. The van der Waals surface area contributed by atoms with Crippen LogP contribution in [0.25, 0.3) is 0 Å². The standard InChI is InChI=1S/C15H24FN3O2/c1-11(19(2)8-4-3-5-9-20)15(21)18-12-6-7-13(16)14(17)10-12/h6-7,10-11,20H,3-5,8-9,17H2,1-2H3,(H,18,21). The highest BCUT2D eigenvalue weighted by molar-refractivity contribution is 5.94. The van der Waals surface area contributed by atoms with Crippen LogP contribution in [-0.4, -0.2) is 42.2 Å². The average Bonchev–Trinajstić information content (AvgIpc) is 2.46. The number of carbonyl (C=O) groups excluding carboxylic acids is 1. The molecule has 1 atom stereocenters. The third kappa shape index (κ3) is 5.69. The van der Waals surface area contributed by atoms with Gasteiger partial charge in [-0.2, -0.15) is 0 Å². The van der Waals surface area contributed by atoms with Gasteiger partial charge in [-0.1, -0.05) is 0 Å². The predicted molar refractivity (Wildman–Crippen MR) is 82.5 cm³/mol. The summed E-state index contributed by atoms with van der Waals surface area (Å²) in [4.78, 5) is 14.1. The molecule has 0 saturated carbocycles. The second-order valence-electron chi connectivity index (χ2n) is 5.17. The van der Waals surface area contributed by atoms with E-state index in [1.54, 1.807) is 0 Å². The van der Waals surface area contributed by atoms with Crippen LogP contribution in [0.2, 0.25) is 0 Å². The van der Waals surface area contributed by atoms with Gasteiger partial charge in [-0.25, -0.2) is 4.39 Å². The van der Waals surface area contributed by atoms with Crippen LogP contribution in [0, 0.1) is 5.82 Å². The molecule has 1 amide bonds. The summed E-state index contributed by atoms with van der Waals surface area (Å²) in [6.07, 6.45) is 2.64. The van der Waals surface area contributed by atoms with Crippen molar-refractivity contribution in [1.82, 2.24) is 4.90 Å². The summed E-state index contributed by atoms with van der Waals surface area (Å²) in [5, 5.41) is 11.4. The van der Waals surface area contributed by atoms with E-state index in [1.165, 1.54) is 18.2 Å². The van der Waals surface area contributed by atoms with Crippen LogP contribution >= 0.6 is 0 Å². The van der Waals surface area contributed by atoms with Crippen LogP contribution in [0.4, 0.5) is 15.8 Å². The molecule has 118 valence electrons. The van der Waals surface area contributed by atoms with Gasteiger partial charge in [0, 0.05) is 12.3 Å². The van der Waals surface area contributed by atoms with E-state index in [-0.39, 0.29) is 24.2 Å². The van der Waals surface area contributed by atoms with Gasteiger partial charge in [-0.05, 0) is 58.0 Å². The van der Waals surface area contributed by atoms with E-state index in [0.29, 0.717) is 5.69 Å². The molecule has 1 rings (SSSR count). The lowest BCUT2D eigenvalue weighted by molar-refractivity contribution is -0.120. The van der Waals surface area contributed by atoms with Gasteiger partial charge in [0.1, 0.15) is 5.82 Å². The normalized spacial score (nSPS) is 12.4. The van der Waals surface area contributed by atoms with Crippen LogP contribution in [0.1, 0.15) is 26.2 Å².